The summed E-state index contributed by atoms with van der Waals surface area (Å²) in [6.07, 6.45) is 3.84. The van der Waals surface area contributed by atoms with E-state index < -0.39 is 0 Å². The van der Waals surface area contributed by atoms with Crippen LogP contribution in [0.3, 0.4) is 0 Å². The van der Waals surface area contributed by atoms with Gasteiger partial charge in [-0.3, -0.25) is 28.9 Å². The zero-order valence-corrected chi connectivity index (χ0v) is 13.9. The van der Waals surface area contributed by atoms with Crippen molar-refractivity contribution in [2.75, 3.05) is 13.1 Å². The number of aromatic nitrogens is 3. The van der Waals surface area contributed by atoms with Crippen molar-refractivity contribution in [2.24, 2.45) is 0 Å². The van der Waals surface area contributed by atoms with E-state index in [1.54, 1.807) is 17.1 Å². The Kier molecular flexibility index (Phi) is 4.87. The maximum atomic E-state index is 11.9. The molecule has 0 bridgehead atoms. The molecule has 3 rings (SSSR count). The molecular formula is C17H19N5O3. The Morgan fingerprint density at radius 1 is 1.28 bits per heavy atom. The van der Waals surface area contributed by atoms with Gasteiger partial charge in [-0.1, -0.05) is 0 Å². The second kappa shape index (κ2) is 7.25. The fourth-order valence-electron chi connectivity index (χ4n) is 2.69. The van der Waals surface area contributed by atoms with Gasteiger partial charge in [0.25, 0.3) is 0 Å². The lowest BCUT2D eigenvalue weighted by atomic mass is 10.2. The summed E-state index contributed by atoms with van der Waals surface area (Å²) in [5.41, 5.74) is 2.72. The molecule has 0 aromatic carbocycles. The molecule has 0 saturated carbocycles. The molecular weight excluding hydrogens is 322 g/mol. The van der Waals surface area contributed by atoms with Gasteiger partial charge in [-0.25, -0.2) is 0 Å². The van der Waals surface area contributed by atoms with Crippen molar-refractivity contribution in [3.63, 3.8) is 0 Å². The van der Waals surface area contributed by atoms with Crippen molar-refractivity contribution in [1.82, 2.24) is 25.0 Å². The average molecular weight is 341 g/mol. The number of aryl methyl sites for hydroxylation is 1. The molecule has 0 radical (unpaired) electrons. The fourth-order valence-corrected chi connectivity index (χ4v) is 2.69. The van der Waals surface area contributed by atoms with Crippen LogP contribution in [-0.4, -0.2) is 50.5 Å². The van der Waals surface area contributed by atoms with Crippen molar-refractivity contribution in [2.45, 2.75) is 26.3 Å². The van der Waals surface area contributed by atoms with Crippen LogP contribution in [0.2, 0.25) is 0 Å². The number of rotatable bonds is 6. The number of hydrogen-bond acceptors (Lipinski definition) is 5. The first kappa shape index (κ1) is 16.8. The summed E-state index contributed by atoms with van der Waals surface area (Å²) in [7, 11) is 0. The van der Waals surface area contributed by atoms with Crippen molar-refractivity contribution in [1.29, 1.82) is 0 Å². The number of hydrogen-bond donors (Lipinski definition) is 1. The van der Waals surface area contributed by atoms with Gasteiger partial charge in [-0.15, -0.1) is 0 Å². The Balaban J connectivity index is 1.52. The highest BCUT2D eigenvalue weighted by Crippen LogP contribution is 2.17. The van der Waals surface area contributed by atoms with Crippen molar-refractivity contribution >= 4 is 17.7 Å². The van der Waals surface area contributed by atoms with Gasteiger partial charge >= 0.3 is 0 Å². The molecule has 1 aliphatic heterocycles. The third kappa shape index (κ3) is 3.90. The van der Waals surface area contributed by atoms with Gasteiger partial charge in [0.2, 0.25) is 17.7 Å². The van der Waals surface area contributed by atoms with E-state index in [2.05, 4.69) is 15.4 Å². The topological polar surface area (TPSA) is 97.2 Å². The number of nitrogens with one attached hydrogen (secondary N) is 1. The highest BCUT2D eigenvalue weighted by atomic mass is 16.2. The number of imide groups is 1. The Morgan fingerprint density at radius 2 is 2.04 bits per heavy atom. The largest absolute Gasteiger partial charge is 0.353 e. The third-order valence-corrected chi connectivity index (χ3v) is 4.04. The molecule has 8 nitrogen and oxygen atoms in total. The predicted octanol–water partition coefficient (Wildman–Crippen LogP) is 0.519. The van der Waals surface area contributed by atoms with Crippen LogP contribution in [-0.2, 0) is 20.9 Å². The van der Waals surface area contributed by atoms with Gasteiger partial charge < -0.3 is 5.32 Å². The van der Waals surface area contributed by atoms with E-state index >= 15 is 0 Å². The zero-order valence-electron chi connectivity index (χ0n) is 13.9. The highest BCUT2D eigenvalue weighted by molar-refractivity contribution is 6.04. The summed E-state index contributed by atoms with van der Waals surface area (Å²) in [4.78, 5) is 40.0. The molecule has 25 heavy (non-hydrogen) atoms. The Hall–Kier alpha value is -3.03. The van der Waals surface area contributed by atoms with Gasteiger partial charge in [0.15, 0.2) is 0 Å². The van der Waals surface area contributed by atoms with E-state index in [9.17, 15) is 14.4 Å². The van der Waals surface area contributed by atoms with Crippen LogP contribution in [0, 0.1) is 6.92 Å². The molecule has 1 saturated heterocycles. The number of nitrogens with zero attached hydrogens (tertiary/aromatic N) is 4. The van der Waals surface area contributed by atoms with Gasteiger partial charge in [-0.2, -0.15) is 5.10 Å². The first-order chi connectivity index (χ1) is 12.0. The maximum Gasteiger partial charge on any atom is 0.240 e. The minimum atomic E-state index is -0.346. The molecule has 3 heterocycles. The van der Waals surface area contributed by atoms with Gasteiger partial charge in [0.1, 0.15) is 6.54 Å². The van der Waals surface area contributed by atoms with E-state index in [1.807, 2.05) is 25.1 Å². The van der Waals surface area contributed by atoms with Gasteiger partial charge in [0, 0.05) is 43.0 Å². The Morgan fingerprint density at radius 3 is 2.72 bits per heavy atom. The van der Waals surface area contributed by atoms with E-state index in [0.717, 1.165) is 21.9 Å². The van der Waals surface area contributed by atoms with Crippen molar-refractivity contribution in [3.8, 4) is 11.3 Å². The molecule has 8 heteroatoms. The Bertz CT molecular complexity index is 784. The van der Waals surface area contributed by atoms with Crippen LogP contribution < -0.4 is 5.32 Å². The highest BCUT2D eigenvalue weighted by Gasteiger charge is 2.30. The number of likely N-dealkylation sites (tertiary alicyclic amines) is 1. The lowest BCUT2D eigenvalue weighted by Gasteiger charge is -2.13. The molecule has 2 aromatic heterocycles. The molecule has 1 aliphatic rings. The van der Waals surface area contributed by atoms with E-state index in [1.165, 1.54) is 0 Å². The summed E-state index contributed by atoms with van der Waals surface area (Å²) in [6, 6.07) is 5.75. The monoisotopic (exact) mass is 341 g/mol. The van der Waals surface area contributed by atoms with Crippen LogP contribution in [0.15, 0.2) is 30.6 Å². The van der Waals surface area contributed by atoms with Crippen LogP contribution in [0.4, 0.5) is 0 Å². The quantitative estimate of drug-likeness (QED) is 0.773. The fraction of sp³-hybridized carbons (Fsp3) is 0.353. The SMILES string of the molecule is Cc1cc(-c2cccnc2)nn1CCNC(=O)CN1C(=O)CCC1=O. The summed E-state index contributed by atoms with van der Waals surface area (Å²) in [6.45, 7) is 2.59. The number of amides is 3. The van der Waals surface area contributed by atoms with Crippen molar-refractivity contribution in [3.05, 3.63) is 36.3 Å². The molecule has 0 aliphatic carbocycles. The normalized spacial score (nSPS) is 14.2. The summed E-state index contributed by atoms with van der Waals surface area (Å²) in [5, 5.41) is 7.23. The van der Waals surface area contributed by atoms with E-state index in [0.29, 0.717) is 13.1 Å². The lowest BCUT2D eigenvalue weighted by molar-refractivity contribution is -0.142. The molecule has 0 unspecified atom stereocenters. The van der Waals surface area contributed by atoms with Crippen LogP contribution >= 0.6 is 0 Å². The van der Waals surface area contributed by atoms with Crippen LogP contribution in [0.5, 0.6) is 0 Å². The molecule has 1 N–H and O–H groups in total. The van der Waals surface area contributed by atoms with Crippen molar-refractivity contribution < 1.29 is 14.4 Å². The standard InChI is InChI=1S/C17H19N5O3/c1-12-9-14(13-3-2-6-18-10-13)20-22(12)8-7-19-15(23)11-21-16(24)4-5-17(21)25/h2-3,6,9-10H,4-5,7-8,11H2,1H3,(H,19,23). The number of pyridine rings is 1. The van der Waals surface area contributed by atoms with Gasteiger partial charge in [0.05, 0.1) is 12.2 Å². The van der Waals surface area contributed by atoms with Gasteiger partial charge in [-0.05, 0) is 25.1 Å². The Labute approximate surface area is 144 Å². The molecule has 3 amide bonds. The zero-order chi connectivity index (χ0) is 17.8. The first-order valence-electron chi connectivity index (χ1n) is 8.09. The minimum absolute atomic E-state index is 0.190. The van der Waals surface area contributed by atoms with Crippen LogP contribution in [0.25, 0.3) is 11.3 Å². The lowest BCUT2D eigenvalue weighted by Crippen LogP contribution is -2.40. The first-order valence-corrected chi connectivity index (χ1v) is 8.09. The smallest absolute Gasteiger partial charge is 0.240 e. The van der Waals surface area contributed by atoms with E-state index in [4.69, 9.17) is 0 Å². The molecule has 0 spiro atoms. The number of carbonyl (C=O) groups is 3. The van der Waals surface area contributed by atoms with E-state index in [-0.39, 0.29) is 37.1 Å². The second-order valence-corrected chi connectivity index (χ2v) is 5.86. The minimum Gasteiger partial charge on any atom is -0.353 e. The molecule has 2 aromatic rings. The molecule has 1 fully saturated rings. The average Bonchev–Trinajstić information content (AvgIpc) is 3.13. The molecule has 130 valence electrons. The summed E-state index contributed by atoms with van der Waals surface area (Å²) < 4.78 is 1.80. The maximum absolute atomic E-state index is 11.9. The number of carbonyl (C=O) groups excluding carboxylic acids is 3. The third-order valence-electron chi connectivity index (χ3n) is 4.04. The van der Waals surface area contributed by atoms with Crippen LogP contribution in [0.1, 0.15) is 18.5 Å². The predicted molar refractivity (Wildman–Crippen MR) is 89.2 cm³/mol. The summed E-state index contributed by atoms with van der Waals surface area (Å²) >= 11 is 0. The molecule has 0 atom stereocenters. The second-order valence-electron chi connectivity index (χ2n) is 5.86. The summed E-state index contributed by atoms with van der Waals surface area (Å²) in [5.74, 6) is -0.922.